The molecule has 66 valence electrons. The molecule has 0 unspecified atom stereocenters. The second-order valence-corrected chi connectivity index (χ2v) is 2.29. The van der Waals surface area contributed by atoms with Crippen molar-refractivity contribution in [3.05, 3.63) is 29.6 Å². The second-order valence-electron chi connectivity index (χ2n) is 2.29. The summed E-state index contributed by atoms with van der Waals surface area (Å²) in [7, 11) is 1.47. The van der Waals surface area contributed by atoms with Crippen LogP contribution >= 0.6 is 0 Å². The number of benzene rings is 1. The first-order valence-corrected chi connectivity index (χ1v) is 3.47. The van der Waals surface area contributed by atoms with Crippen LogP contribution in [0.25, 0.3) is 0 Å². The molecule has 2 N–H and O–H groups in total. The van der Waals surface area contributed by atoms with E-state index in [0.717, 1.165) is 0 Å². The van der Waals surface area contributed by atoms with Gasteiger partial charge < -0.3 is 9.94 Å². The van der Waals surface area contributed by atoms with Gasteiger partial charge in [0.05, 0.1) is 7.11 Å². The van der Waals surface area contributed by atoms with Gasteiger partial charge in [0.2, 0.25) is 0 Å². The van der Waals surface area contributed by atoms with Crippen LogP contribution in [-0.4, -0.2) is 12.3 Å². The molecule has 3 nitrogen and oxygen atoms in total. The van der Waals surface area contributed by atoms with Crippen LogP contribution < -0.4 is 10.2 Å². The zero-order valence-corrected chi connectivity index (χ0v) is 6.67. The van der Waals surface area contributed by atoms with Crippen molar-refractivity contribution in [3.8, 4) is 5.75 Å². The Balaban J connectivity index is 2.87. The van der Waals surface area contributed by atoms with Crippen LogP contribution in [-0.2, 0) is 6.54 Å². The van der Waals surface area contributed by atoms with E-state index in [1.54, 1.807) is 12.1 Å². The Bertz CT molecular complexity index is 265. The molecule has 1 rings (SSSR count). The van der Waals surface area contributed by atoms with Gasteiger partial charge in [-0.25, -0.2) is 9.87 Å². The normalized spacial score (nSPS) is 9.92. The number of ether oxygens (including phenoxy) is 1. The second kappa shape index (κ2) is 4.04. The van der Waals surface area contributed by atoms with Crippen molar-refractivity contribution in [3.63, 3.8) is 0 Å². The quantitative estimate of drug-likeness (QED) is 0.674. The zero-order chi connectivity index (χ0) is 8.97. The number of hydrogen-bond donors (Lipinski definition) is 2. The van der Waals surface area contributed by atoms with Gasteiger partial charge in [-0.2, -0.15) is 0 Å². The van der Waals surface area contributed by atoms with E-state index < -0.39 is 5.82 Å². The van der Waals surface area contributed by atoms with Gasteiger partial charge in [-0.15, -0.1) is 0 Å². The van der Waals surface area contributed by atoms with Crippen molar-refractivity contribution in [2.45, 2.75) is 6.54 Å². The first kappa shape index (κ1) is 8.96. The SMILES string of the molecule is COc1ccc(CNO)c(F)c1. The molecule has 0 aliphatic rings. The number of rotatable bonds is 3. The fourth-order valence-electron chi connectivity index (χ4n) is 0.884. The predicted octanol–water partition coefficient (Wildman–Crippen LogP) is 1.31. The molecule has 1 aromatic rings. The van der Waals surface area contributed by atoms with Crippen LogP contribution in [0.1, 0.15) is 5.56 Å². The van der Waals surface area contributed by atoms with Gasteiger partial charge >= 0.3 is 0 Å². The molecule has 0 heterocycles. The number of halogens is 1. The first-order valence-electron chi connectivity index (χ1n) is 3.47. The maximum absolute atomic E-state index is 13.0. The maximum Gasteiger partial charge on any atom is 0.131 e. The van der Waals surface area contributed by atoms with Gasteiger partial charge in [0, 0.05) is 18.2 Å². The minimum absolute atomic E-state index is 0.0931. The molecule has 0 radical (unpaired) electrons. The van der Waals surface area contributed by atoms with E-state index in [4.69, 9.17) is 9.94 Å². The lowest BCUT2D eigenvalue weighted by molar-refractivity contribution is 0.160. The Morgan fingerprint density at radius 3 is 2.83 bits per heavy atom. The molecule has 0 aliphatic carbocycles. The summed E-state index contributed by atoms with van der Waals surface area (Å²) in [5, 5.41) is 8.32. The highest BCUT2D eigenvalue weighted by atomic mass is 19.1. The summed E-state index contributed by atoms with van der Waals surface area (Å²) in [5.41, 5.74) is 2.28. The smallest absolute Gasteiger partial charge is 0.131 e. The number of hydrogen-bond acceptors (Lipinski definition) is 3. The van der Waals surface area contributed by atoms with E-state index in [2.05, 4.69) is 0 Å². The van der Waals surface area contributed by atoms with Crippen molar-refractivity contribution >= 4 is 0 Å². The van der Waals surface area contributed by atoms with Crippen LogP contribution in [0.15, 0.2) is 18.2 Å². The molecule has 0 saturated heterocycles. The molecule has 0 saturated carbocycles. The monoisotopic (exact) mass is 171 g/mol. The minimum Gasteiger partial charge on any atom is -0.497 e. The highest BCUT2D eigenvalue weighted by Gasteiger charge is 2.02. The molecule has 0 bridgehead atoms. The highest BCUT2D eigenvalue weighted by molar-refractivity contribution is 5.28. The van der Waals surface area contributed by atoms with Gasteiger partial charge in [-0.1, -0.05) is 6.07 Å². The van der Waals surface area contributed by atoms with Crippen LogP contribution in [0.3, 0.4) is 0 Å². The fraction of sp³-hybridized carbons (Fsp3) is 0.250. The fourth-order valence-corrected chi connectivity index (χ4v) is 0.884. The molecule has 1 aromatic carbocycles. The third kappa shape index (κ3) is 1.93. The van der Waals surface area contributed by atoms with Crippen molar-refractivity contribution < 1.29 is 14.3 Å². The van der Waals surface area contributed by atoms with Crippen LogP contribution in [0.4, 0.5) is 4.39 Å². The van der Waals surface area contributed by atoms with Crippen molar-refractivity contribution in [2.75, 3.05) is 7.11 Å². The van der Waals surface area contributed by atoms with Crippen LogP contribution in [0, 0.1) is 5.82 Å². The Kier molecular flexibility index (Phi) is 3.01. The summed E-state index contributed by atoms with van der Waals surface area (Å²) in [6.07, 6.45) is 0. The van der Waals surface area contributed by atoms with Crippen LogP contribution in [0.5, 0.6) is 5.75 Å². The average Bonchev–Trinajstić information content (AvgIpc) is 2.09. The molecule has 0 aliphatic heterocycles. The molecular formula is C8H10FNO2. The van der Waals surface area contributed by atoms with Crippen LogP contribution in [0.2, 0.25) is 0 Å². The zero-order valence-electron chi connectivity index (χ0n) is 6.67. The van der Waals surface area contributed by atoms with Gasteiger partial charge in [0.25, 0.3) is 0 Å². The Morgan fingerprint density at radius 2 is 2.33 bits per heavy atom. The standard InChI is InChI=1S/C8H10FNO2/c1-12-7-3-2-6(5-10-11)8(9)4-7/h2-4,10-11H,5H2,1H3. The van der Waals surface area contributed by atoms with E-state index in [-0.39, 0.29) is 6.54 Å². The van der Waals surface area contributed by atoms with E-state index in [9.17, 15) is 4.39 Å². The van der Waals surface area contributed by atoms with E-state index in [0.29, 0.717) is 11.3 Å². The maximum atomic E-state index is 13.0. The molecule has 4 heteroatoms. The molecule has 0 aromatic heterocycles. The van der Waals surface area contributed by atoms with Gasteiger partial charge in [-0.05, 0) is 6.07 Å². The molecule has 0 spiro atoms. The minimum atomic E-state index is -0.393. The third-order valence-electron chi connectivity index (χ3n) is 1.53. The lowest BCUT2D eigenvalue weighted by Crippen LogP contribution is -2.07. The number of nitrogens with one attached hydrogen (secondary N) is 1. The largest absolute Gasteiger partial charge is 0.497 e. The summed E-state index contributed by atoms with van der Waals surface area (Å²) in [4.78, 5) is 0. The predicted molar refractivity (Wildman–Crippen MR) is 41.6 cm³/mol. The first-order chi connectivity index (χ1) is 5.77. The number of hydroxylamine groups is 1. The molecule has 0 atom stereocenters. The summed E-state index contributed by atoms with van der Waals surface area (Å²) >= 11 is 0. The molecular weight excluding hydrogens is 161 g/mol. The lowest BCUT2D eigenvalue weighted by atomic mass is 10.2. The van der Waals surface area contributed by atoms with Gasteiger partial charge in [-0.3, -0.25) is 0 Å². The summed E-state index contributed by atoms with van der Waals surface area (Å²) in [5.74, 6) is 0.0742. The topological polar surface area (TPSA) is 41.5 Å². The third-order valence-corrected chi connectivity index (χ3v) is 1.53. The summed E-state index contributed by atoms with van der Waals surface area (Å²) < 4.78 is 17.8. The van der Waals surface area contributed by atoms with Crippen molar-refractivity contribution in [2.24, 2.45) is 0 Å². The Hall–Kier alpha value is -1.13. The van der Waals surface area contributed by atoms with Gasteiger partial charge in [0.1, 0.15) is 11.6 Å². The van der Waals surface area contributed by atoms with E-state index in [1.807, 2.05) is 5.48 Å². The average molecular weight is 171 g/mol. The Labute approximate surface area is 69.7 Å². The Morgan fingerprint density at radius 1 is 1.58 bits per heavy atom. The van der Waals surface area contributed by atoms with Gasteiger partial charge in [0.15, 0.2) is 0 Å². The van der Waals surface area contributed by atoms with E-state index >= 15 is 0 Å². The van der Waals surface area contributed by atoms with E-state index in [1.165, 1.54) is 13.2 Å². The summed E-state index contributed by atoms with van der Waals surface area (Å²) in [6, 6.07) is 4.46. The van der Waals surface area contributed by atoms with Crippen molar-refractivity contribution in [1.29, 1.82) is 0 Å². The highest BCUT2D eigenvalue weighted by Crippen LogP contribution is 2.15. The molecule has 0 fully saturated rings. The number of methoxy groups -OCH3 is 1. The summed E-state index contributed by atoms with van der Waals surface area (Å²) in [6.45, 7) is 0.0931. The lowest BCUT2D eigenvalue weighted by Gasteiger charge is -2.03. The van der Waals surface area contributed by atoms with Crippen molar-refractivity contribution in [1.82, 2.24) is 5.48 Å². The molecule has 0 amide bonds. The molecule has 12 heavy (non-hydrogen) atoms.